The van der Waals surface area contributed by atoms with Gasteiger partial charge in [0.15, 0.2) is 0 Å². The van der Waals surface area contributed by atoms with E-state index in [9.17, 15) is 8.42 Å². The van der Waals surface area contributed by atoms with Crippen molar-refractivity contribution in [2.75, 3.05) is 13.2 Å². The number of rotatable bonds is 6. The number of furan rings is 1. The van der Waals surface area contributed by atoms with E-state index in [4.69, 9.17) is 20.4 Å². The lowest BCUT2D eigenvalue weighted by Crippen LogP contribution is -2.51. The molecule has 0 bridgehead atoms. The molecule has 0 radical (unpaired) electrons. The summed E-state index contributed by atoms with van der Waals surface area (Å²) in [6.45, 7) is 0.393. The van der Waals surface area contributed by atoms with Gasteiger partial charge in [-0.2, -0.15) is 4.72 Å². The van der Waals surface area contributed by atoms with E-state index in [0.29, 0.717) is 5.76 Å². The molecule has 1 heterocycles. The van der Waals surface area contributed by atoms with E-state index in [1.807, 2.05) is 0 Å². The minimum absolute atomic E-state index is 0.0901. The van der Waals surface area contributed by atoms with Gasteiger partial charge in [-0.25, -0.2) is 8.42 Å². The Kier molecular flexibility index (Phi) is 4.28. The van der Waals surface area contributed by atoms with Gasteiger partial charge in [-0.3, -0.25) is 0 Å². The molecule has 0 fully saturated rings. The molecule has 0 atom stereocenters. The molecule has 0 aliphatic carbocycles. The van der Waals surface area contributed by atoms with Crippen LogP contribution >= 0.6 is 0 Å². The average molecular weight is 264 g/mol. The summed E-state index contributed by atoms with van der Waals surface area (Å²) in [7, 11) is -3.92. The molecule has 5 N–H and O–H groups in total. The Morgan fingerprint density at radius 3 is 2.41 bits per heavy atom. The number of sulfonamides is 1. The molecule has 0 saturated heterocycles. The Bertz CT molecular complexity index is 463. The van der Waals surface area contributed by atoms with Crippen LogP contribution in [0.2, 0.25) is 0 Å². The molecule has 0 saturated carbocycles. The third kappa shape index (κ3) is 3.27. The molecule has 1 aromatic heterocycles. The van der Waals surface area contributed by atoms with E-state index in [-0.39, 0.29) is 11.6 Å². The van der Waals surface area contributed by atoms with Crippen LogP contribution in [0.5, 0.6) is 0 Å². The maximum atomic E-state index is 11.8. The first-order valence-electron chi connectivity index (χ1n) is 4.91. The molecule has 0 aliphatic heterocycles. The van der Waals surface area contributed by atoms with Gasteiger partial charge in [-0.15, -0.1) is 0 Å². The van der Waals surface area contributed by atoms with E-state index in [1.165, 1.54) is 19.1 Å². The molecule has 0 aliphatic rings. The zero-order valence-corrected chi connectivity index (χ0v) is 10.2. The van der Waals surface area contributed by atoms with Crippen molar-refractivity contribution in [3.05, 3.63) is 17.9 Å². The van der Waals surface area contributed by atoms with Gasteiger partial charge in [0.1, 0.15) is 5.76 Å². The fourth-order valence-corrected chi connectivity index (χ4v) is 2.44. The lowest BCUT2D eigenvalue weighted by molar-refractivity contribution is 0.121. The van der Waals surface area contributed by atoms with Crippen LogP contribution < -0.4 is 10.5 Å². The first kappa shape index (κ1) is 14.1. The predicted molar refractivity (Wildman–Crippen MR) is 59.5 cm³/mol. The lowest BCUT2D eigenvalue weighted by atomic mass is 10.1. The molecule has 0 aromatic carbocycles. The highest BCUT2D eigenvalue weighted by Gasteiger charge is 2.31. The van der Waals surface area contributed by atoms with Crippen LogP contribution in [0, 0.1) is 0 Å². The second kappa shape index (κ2) is 5.15. The Hall–Kier alpha value is -0.930. The summed E-state index contributed by atoms with van der Waals surface area (Å²) < 4.78 is 30.8. The fraction of sp³-hybridized carbons (Fsp3) is 0.556. The van der Waals surface area contributed by atoms with Crippen molar-refractivity contribution in [2.45, 2.75) is 24.1 Å². The summed E-state index contributed by atoms with van der Waals surface area (Å²) in [5, 5.41) is 17.7. The normalized spacial score (nSPS) is 12.9. The second-order valence-corrected chi connectivity index (χ2v) is 5.52. The van der Waals surface area contributed by atoms with Crippen molar-refractivity contribution in [1.82, 2.24) is 4.72 Å². The third-order valence-electron chi connectivity index (χ3n) is 2.18. The van der Waals surface area contributed by atoms with Gasteiger partial charge in [-0.1, -0.05) is 0 Å². The lowest BCUT2D eigenvalue weighted by Gasteiger charge is -2.24. The standard InChI is InChI=1S/C9H16N2O5S/c1-9(5-12,6-13)11-17(14,15)8-3-2-7(4-10)16-8/h2-3,11-13H,4-6,10H2,1H3. The van der Waals surface area contributed by atoms with Crippen LogP contribution in [0.25, 0.3) is 0 Å². The van der Waals surface area contributed by atoms with Crippen LogP contribution in [0.3, 0.4) is 0 Å². The number of aliphatic hydroxyl groups excluding tert-OH is 2. The van der Waals surface area contributed by atoms with Crippen molar-refractivity contribution in [2.24, 2.45) is 5.73 Å². The zero-order chi connectivity index (χ0) is 13.1. The fourth-order valence-electron chi connectivity index (χ4n) is 1.10. The molecule has 0 spiro atoms. The Balaban J connectivity index is 2.96. The van der Waals surface area contributed by atoms with Gasteiger partial charge in [0.05, 0.1) is 25.3 Å². The number of nitrogens with one attached hydrogen (secondary N) is 1. The van der Waals surface area contributed by atoms with Gasteiger partial charge in [0.2, 0.25) is 5.09 Å². The number of nitrogens with two attached hydrogens (primary N) is 1. The topological polar surface area (TPSA) is 126 Å². The predicted octanol–water partition coefficient (Wildman–Crippen LogP) is -1.24. The quantitative estimate of drug-likeness (QED) is 0.509. The summed E-state index contributed by atoms with van der Waals surface area (Å²) in [5.41, 5.74) is 3.96. The van der Waals surface area contributed by atoms with E-state index >= 15 is 0 Å². The Morgan fingerprint density at radius 1 is 1.41 bits per heavy atom. The molecule has 8 heteroatoms. The highest BCUT2D eigenvalue weighted by molar-refractivity contribution is 7.89. The maximum Gasteiger partial charge on any atom is 0.274 e. The third-order valence-corrected chi connectivity index (χ3v) is 3.69. The maximum absolute atomic E-state index is 11.8. The van der Waals surface area contributed by atoms with Crippen molar-refractivity contribution in [3.63, 3.8) is 0 Å². The van der Waals surface area contributed by atoms with Crippen LogP contribution in [-0.4, -0.2) is 37.4 Å². The second-order valence-electron chi connectivity index (χ2n) is 3.91. The van der Waals surface area contributed by atoms with Crippen molar-refractivity contribution in [3.8, 4) is 0 Å². The van der Waals surface area contributed by atoms with Gasteiger partial charge in [0.25, 0.3) is 10.0 Å². The SMILES string of the molecule is CC(CO)(CO)NS(=O)(=O)c1ccc(CN)o1. The zero-order valence-electron chi connectivity index (χ0n) is 9.38. The number of hydrogen-bond acceptors (Lipinski definition) is 6. The molecular weight excluding hydrogens is 248 g/mol. The molecule has 7 nitrogen and oxygen atoms in total. The highest BCUT2D eigenvalue weighted by Crippen LogP contribution is 2.16. The van der Waals surface area contributed by atoms with Crippen LogP contribution in [0.4, 0.5) is 0 Å². The summed E-state index contributed by atoms with van der Waals surface area (Å²) in [4.78, 5) is 0. The molecule has 1 rings (SSSR count). The van der Waals surface area contributed by atoms with Gasteiger partial charge < -0.3 is 20.4 Å². The van der Waals surface area contributed by atoms with E-state index in [1.54, 1.807) is 0 Å². The highest BCUT2D eigenvalue weighted by atomic mass is 32.2. The Labute approximate surface area is 99.3 Å². The van der Waals surface area contributed by atoms with E-state index < -0.39 is 28.8 Å². The summed E-state index contributed by atoms with van der Waals surface area (Å²) in [6.07, 6.45) is 0. The number of hydrogen-bond donors (Lipinski definition) is 4. The van der Waals surface area contributed by atoms with Crippen LogP contribution in [0.15, 0.2) is 21.6 Å². The minimum Gasteiger partial charge on any atom is -0.447 e. The first-order chi connectivity index (χ1) is 7.87. The van der Waals surface area contributed by atoms with Crippen LogP contribution in [0.1, 0.15) is 12.7 Å². The average Bonchev–Trinajstić information content (AvgIpc) is 2.77. The van der Waals surface area contributed by atoms with Crippen LogP contribution in [-0.2, 0) is 16.6 Å². The first-order valence-corrected chi connectivity index (χ1v) is 6.40. The van der Waals surface area contributed by atoms with E-state index in [2.05, 4.69) is 4.72 Å². The summed E-state index contributed by atoms with van der Waals surface area (Å²) >= 11 is 0. The largest absolute Gasteiger partial charge is 0.447 e. The monoisotopic (exact) mass is 264 g/mol. The van der Waals surface area contributed by atoms with Gasteiger partial charge in [-0.05, 0) is 19.1 Å². The molecule has 0 amide bonds. The smallest absolute Gasteiger partial charge is 0.274 e. The summed E-state index contributed by atoms with van der Waals surface area (Å²) in [5.74, 6) is 0.333. The van der Waals surface area contributed by atoms with Gasteiger partial charge in [0, 0.05) is 0 Å². The van der Waals surface area contributed by atoms with Gasteiger partial charge >= 0.3 is 0 Å². The molecule has 17 heavy (non-hydrogen) atoms. The molecule has 0 unspecified atom stereocenters. The van der Waals surface area contributed by atoms with Crippen molar-refractivity contribution >= 4 is 10.0 Å². The molecular formula is C9H16N2O5S. The van der Waals surface area contributed by atoms with Crippen molar-refractivity contribution < 1.29 is 23.0 Å². The minimum atomic E-state index is -3.92. The van der Waals surface area contributed by atoms with Crippen molar-refractivity contribution in [1.29, 1.82) is 0 Å². The Morgan fingerprint density at radius 2 is 2.00 bits per heavy atom. The number of aliphatic hydroxyl groups is 2. The summed E-state index contributed by atoms with van der Waals surface area (Å²) in [6, 6.07) is 2.71. The molecule has 1 aromatic rings. The molecule has 98 valence electrons. The van der Waals surface area contributed by atoms with E-state index in [0.717, 1.165) is 0 Å².